The molecule has 1 heterocycles. The van der Waals surface area contributed by atoms with Crippen molar-refractivity contribution in [2.24, 2.45) is 0 Å². The summed E-state index contributed by atoms with van der Waals surface area (Å²) in [5.74, 6) is 0.848. The van der Waals surface area contributed by atoms with Gasteiger partial charge in [0, 0.05) is 31.1 Å². The first kappa shape index (κ1) is 16.1. The number of morpholine rings is 1. The van der Waals surface area contributed by atoms with Gasteiger partial charge in [-0.05, 0) is 24.3 Å². The van der Waals surface area contributed by atoms with Gasteiger partial charge in [0.2, 0.25) is 5.91 Å². The Hall–Kier alpha value is -1.30. The number of benzene rings is 1. The van der Waals surface area contributed by atoms with E-state index < -0.39 is 0 Å². The van der Waals surface area contributed by atoms with Gasteiger partial charge in [-0.15, -0.1) is 0 Å². The number of ether oxygens (including phenoxy) is 2. The molecule has 1 N–H and O–H groups in total. The number of amides is 1. The summed E-state index contributed by atoms with van der Waals surface area (Å²) >= 11 is 5.81. The van der Waals surface area contributed by atoms with Crippen molar-refractivity contribution in [3.8, 4) is 5.75 Å². The highest BCUT2D eigenvalue weighted by Gasteiger charge is 2.19. The van der Waals surface area contributed by atoms with E-state index in [1.165, 1.54) is 0 Å². The second-order valence-electron chi connectivity index (χ2n) is 5.05. The van der Waals surface area contributed by atoms with E-state index in [0.717, 1.165) is 18.9 Å². The molecule has 2 rings (SSSR count). The van der Waals surface area contributed by atoms with Gasteiger partial charge in [0.15, 0.2) is 0 Å². The Morgan fingerprint density at radius 3 is 2.90 bits per heavy atom. The van der Waals surface area contributed by atoms with Crippen molar-refractivity contribution in [2.75, 3.05) is 40.0 Å². The lowest BCUT2D eigenvalue weighted by Gasteiger charge is -2.25. The molecule has 1 aliphatic heterocycles. The molecule has 1 unspecified atom stereocenters. The van der Waals surface area contributed by atoms with E-state index in [1.807, 2.05) is 12.1 Å². The molecule has 1 aromatic carbocycles. The number of hydrogen-bond donors (Lipinski definition) is 1. The van der Waals surface area contributed by atoms with Crippen LogP contribution < -0.4 is 10.1 Å². The first-order valence-corrected chi connectivity index (χ1v) is 7.46. The molecule has 1 aliphatic rings. The molecule has 1 atom stereocenters. The lowest BCUT2D eigenvalue weighted by Crippen LogP contribution is -2.45. The molecule has 116 valence electrons. The Kier molecular flexibility index (Phi) is 6.29. The van der Waals surface area contributed by atoms with Crippen molar-refractivity contribution in [1.82, 2.24) is 10.2 Å². The van der Waals surface area contributed by atoms with E-state index in [2.05, 4.69) is 5.32 Å². The highest BCUT2D eigenvalue weighted by atomic mass is 35.5. The molecule has 0 aliphatic carbocycles. The first-order chi connectivity index (χ1) is 10.1. The molecule has 0 saturated carbocycles. The number of carbonyl (C=O) groups excluding carboxylic acids is 1. The summed E-state index contributed by atoms with van der Waals surface area (Å²) in [6, 6.07) is 7.30. The van der Waals surface area contributed by atoms with Crippen molar-refractivity contribution in [3.05, 3.63) is 29.3 Å². The summed E-state index contributed by atoms with van der Waals surface area (Å²) in [7, 11) is 1.79. The van der Waals surface area contributed by atoms with Gasteiger partial charge in [0.1, 0.15) is 12.4 Å². The van der Waals surface area contributed by atoms with Crippen molar-refractivity contribution in [1.29, 1.82) is 0 Å². The normalized spacial score (nSPS) is 18.3. The van der Waals surface area contributed by atoms with E-state index in [4.69, 9.17) is 21.1 Å². The van der Waals surface area contributed by atoms with Crippen LogP contribution in [0.5, 0.6) is 5.75 Å². The van der Waals surface area contributed by atoms with Gasteiger partial charge >= 0.3 is 0 Å². The summed E-state index contributed by atoms with van der Waals surface area (Å²) in [4.78, 5) is 13.7. The molecule has 5 nitrogen and oxygen atoms in total. The average Bonchev–Trinajstić information content (AvgIpc) is 2.50. The molecule has 21 heavy (non-hydrogen) atoms. The van der Waals surface area contributed by atoms with Gasteiger partial charge < -0.3 is 19.7 Å². The second kappa shape index (κ2) is 8.22. The van der Waals surface area contributed by atoms with Crippen molar-refractivity contribution in [2.45, 2.75) is 12.5 Å². The maximum Gasteiger partial charge on any atom is 0.224 e. The van der Waals surface area contributed by atoms with Crippen LogP contribution in [-0.4, -0.2) is 56.8 Å². The minimum Gasteiger partial charge on any atom is -0.492 e. The van der Waals surface area contributed by atoms with Gasteiger partial charge in [-0.1, -0.05) is 11.6 Å². The molecule has 1 aromatic rings. The Balaban J connectivity index is 1.67. The third kappa shape index (κ3) is 5.53. The van der Waals surface area contributed by atoms with Gasteiger partial charge in [-0.25, -0.2) is 0 Å². The zero-order valence-electron chi connectivity index (χ0n) is 12.2. The zero-order chi connectivity index (χ0) is 15.1. The van der Waals surface area contributed by atoms with Gasteiger partial charge in [-0.3, -0.25) is 4.79 Å². The largest absolute Gasteiger partial charge is 0.492 e. The van der Waals surface area contributed by atoms with Crippen LogP contribution in [0.15, 0.2) is 24.3 Å². The number of likely N-dealkylation sites (N-methyl/N-ethyl adjacent to an activating group) is 1. The summed E-state index contributed by atoms with van der Waals surface area (Å²) < 4.78 is 10.9. The number of rotatable bonds is 6. The standard InChI is InChI=1S/C15H21ClN2O3/c1-18(15(19)10-13-11-20-8-6-17-13)7-9-21-14-4-2-12(16)3-5-14/h2-5,13,17H,6-11H2,1H3. The van der Waals surface area contributed by atoms with Crippen LogP contribution in [0.3, 0.4) is 0 Å². The lowest BCUT2D eigenvalue weighted by molar-refractivity contribution is -0.131. The van der Waals surface area contributed by atoms with Crippen LogP contribution in [-0.2, 0) is 9.53 Å². The lowest BCUT2D eigenvalue weighted by atomic mass is 10.2. The fourth-order valence-corrected chi connectivity index (χ4v) is 2.20. The van der Waals surface area contributed by atoms with Crippen LogP contribution in [0, 0.1) is 0 Å². The van der Waals surface area contributed by atoms with Crippen molar-refractivity contribution < 1.29 is 14.3 Å². The minimum atomic E-state index is 0.0951. The average molecular weight is 313 g/mol. The van der Waals surface area contributed by atoms with E-state index in [9.17, 15) is 4.79 Å². The Morgan fingerprint density at radius 2 is 2.24 bits per heavy atom. The maximum atomic E-state index is 12.1. The van der Waals surface area contributed by atoms with E-state index in [-0.39, 0.29) is 11.9 Å². The molecule has 1 fully saturated rings. The smallest absolute Gasteiger partial charge is 0.224 e. The number of halogens is 1. The molecular weight excluding hydrogens is 292 g/mol. The molecular formula is C15H21ClN2O3. The van der Waals surface area contributed by atoms with Crippen molar-refractivity contribution in [3.63, 3.8) is 0 Å². The molecule has 0 bridgehead atoms. The number of carbonyl (C=O) groups is 1. The van der Waals surface area contributed by atoms with Gasteiger partial charge in [0.05, 0.1) is 19.8 Å². The maximum absolute atomic E-state index is 12.1. The van der Waals surface area contributed by atoms with Gasteiger partial charge in [-0.2, -0.15) is 0 Å². The van der Waals surface area contributed by atoms with Crippen LogP contribution in [0.1, 0.15) is 6.42 Å². The van der Waals surface area contributed by atoms with Crippen LogP contribution in [0.25, 0.3) is 0 Å². The summed E-state index contributed by atoms with van der Waals surface area (Å²) in [6.07, 6.45) is 0.456. The molecule has 1 saturated heterocycles. The fraction of sp³-hybridized carbons (Fsp3) is 0.533. The predicted molar refractivity (Wildman–Crippen MR) is 81.8 cm³/mol. The van der Waals surface area contributed by atoms with E-state index >= 15 is 0 Å². The third-order valence-electron chi connectivity index (χ3n) is 3.35. The highest BCUT2D eigenvalue weighted by molar-refractivity contribution is 6.30. The fourth-order valence-electron chi connectivity index (χ4n) is 2.07. The van der Waals surface area contributed by atoms with Crippen LogP contribution in [0.2, 0.25) is 5.02 Å². The molecule has 6 heteroatoms. The summed E-state index contributed by atoms with van der Waals surface area (Å²) in [5, 5.41) is 3.95. The minimum absolute atomic E-state index is 0.0951. The highest BCUT2D eigenvalue weighted by Crippen LogP contribution is 2.15. The topological polar surface area (TPSA) is 50.8 Å². The van der Waals surface area contributed by atoms with E-state index in [1.54, 1.807) is 24.1 Å². The monoisotopic (exact) mass is 312 g/mol. The van der Waals surface area contributed by atoms with E-state index in [0.29, 0.717) is 31.2 Å². The Morgan fingerprint density at radius 1 is 1.48 bits per heavy atom. The second-order valence-corrected chi connectivity index (χ2v) is 5.48. The molecule has 0 radical (unpaired) electrons. The summed E-state index contributed by atoms with van der Waals surface area (Å²) in [6.45, 7) is 3.13. The van der Waals surface area contributed by atoms with Crippen LogP contribution in [0.4, 0.5) is 0 Å². The Bertz CT molecular complexity index is 447. The Labute approximate surface area is 130 Å². The molecule has 0 spiro atoms. The third-order valence-corrected chi connectivity index (χ3v) is 3.61. The summed E-state index contributed by atoms with van der Waals surface area (Å²) in [5.41, 5.74) is 0. The molecule has 0 aromatic heterocycles. The SMILES string of the molecule is CN(CCOc1ccc(Cl)cc1)C(=O)CC1COCCN1. The predicted octanol–water partition coefficient (Wildman–Crippen LogP) is 1.56. The number of nitrogens with zero attached hydrogens (tertiary/aromatic N) is 1. The van der Waals surface area contributed by atoms with Crippen LogP contribution >= 0.6 is 11.6 Å². The number of hydrogen-bond acceptors (Lipinski definition) is 4. The van der Waals surface area contributed by atoms with Gasteiger partial charge in [0.25, 0.3) is 0 Å². The first-order valence-electron chi connectivity index (χ1n) is 7.08. The zero-order valence-corrected chi connectivity index (χ0v) is 12.9. The molecule has 1 amide bonds. The number of nitrogens with one attached hydrogen (secondary N) is 1. The quantitative estimate of drug-likeness (QED) is 0.866. The van der Waals surface area contributed by atoms with Crippen molar-refractivity contribution >= 4 is 17.5 Å².